The van der Waals surface area contributed by atoms with E-state index in [2.05, 4.69) is 20.6 Å². The van der Waals surface area contributed by atoms with Crippen molar-refractivity contribution in [3.8, 4) is 17.1 Å². The third-order valence-corrected chi connectivity index (χ3v) is 4.09. The van der Waals surface area contributed by atoms with Crippen LogP contribution in [-0.2, 0) is 4.79 Å². The van der Waals surface area contributed by atoms with Crippen molar-refractivity contribution >= 4 is 17.6 Å². The number of benzene rings is 1. The Labute approximate surface area is 148 Å². The SMILES string of the molecule is O=C(O)c1ccnc(-c2cn(-c3cccc(NC(=O)C4CC4)c3)nn2)c1. The number of carbonyl (C=O) groups excluding carboxylic acids is 1. The zero-order chi connectivity index (χ0) is 18.1. The van der Waals surface area contributed by atoms with Gasteiger partial charge in [0.1, 0.15) is 5.69 Å². The molecule has 0 bridgehead atoms. The van der Waals surface area contributed by atoms with Gasteiger partial charge in [-0.1, -0.05) is 11.3 Å². The van der Waals surface area contributed by atoms with Gasteiger partial charge in [0, 0.05) is 17.8 Å². The Hall–Kier alpha value is -3.55. The fourth-order valence-electron chi connectivity index (χ4n) is 2.53. The number of carboxylic acids is 1. The molecule has 0 spiro atoms. The average Bonchev–Trinajstić information content (AvgIpc) is 3.39. The van der Waals surface area contributed by atoms with Crippen molar-refractivity contribution in [3.05, 3.63) is 54.4 Å². The van der Waals surface area contributed by atoms with Crippen molar-refractivity contribution in [2.75, 3.05) is 5.32 Å². The molecule has 8 heteroatoms. The van der Waals surface area contributed by atoms with E-state index in [1.54, 1.807) is 16.9 Å². The van der Waals surface area contributed by atoms with Crippen LogP contribution in [0.3, 0.4) is 0 Å². The van der Waals surface area contributed by atoms with E-state index in [1.807, 2.05) is 18.2 Å². The van der Waals surface area contributed by atoms with E-state index in [9.17, 15) is 9.59 Å². The fraction of sp³-hybridized carbons (Fsp3) is 0.167. The number of carbonyl (C=O) groups is 2. The van der Waals surface area contributed by atoms with E-state index in [0.29, 0.717) is 17.1 Å². The lowest BCUT2D eigenvalue weighted by Gasteiger charge is -2.06. The monoisotopic (exact) mass is 349 g/mol. The summed E-state index contributed by atoms with van der Waals surface area (Å²) in [6, 6.07) is 10.2. The van der Waals surface area contributed by atoms with Gasteiger partial charge in [-0.05, 0) is 43.2 Å². The zero-order valence-corrected chi connectivity index (χ0v) is 13.7. The Kier molecular flexibility index (Phi) is 3.92. The van der Waals surface area contributed by atoms with Gasteiger partial charge in [0.15, 0.2) is 0 Å². The van der Waals surface area contributed by atoms with Gasteiger partial charge in [0.05, 0.1) is 23.1 Å². The first-order valence-electron chi connectivity index (χ1n) is 8.13. The average molecular weight is 349 g/mol. The number of hydrogen-bond acceptors (Lipinski definition) is 5. The van der Waals surface area contributed by atoms with Crippen LogP contribution in [0.1, 0.15) is 23.2 Å². The first-order valence-corrected chi connectivity index (χ1v) is 8.13. The summed E-state index contributed by atoms with van der Waals surface area (Å²) >= 11 is 0. The van der Waals surface area contributed by atoms with E-state index in [4.69, 9.17) is 5.11 Å². The molecule has 1 fully saturated rings. The smallest absolute Gasteiger partial charge is 0.335 e. The van der Waals surface area contributed by atoms with Crippen molar-refractivity contribution in [2.24, 2.45) is 5.92 Å². The molecule has 0 unspecified atom stereocenters. The second-order valence-electron chi connectivity index (χ2n) is 6.10. The van der Waals surface area contributed by atoms with E-state index in [1.165, 1.54) is 18.3 Å². The van der Waals surface area contributed by atoms with Crippen LogP contribution in [0.15, 0.2) is 48.8 Å². The van der Waals surface area contributed by atoms with Gasteiger partial charge in [-0.3, -0.25) is 9.78 Å². The lowest BCUT2D eigenvalue weighted by molar-refractivity contribution is -0.117. The van der Waals surface area contributed by atoms with Crippen LogP contribution < -0.4 is 5.32 Å². The molecule has 2 aromatic heterocycles. The number of rotatable bonds is 5. The molecule has 1 saturated carbocycles. The Morgan fingerprint density at radius 1 is 1.15 bits per heavy atom. The highest BCUT2D eigenvalue weighted by molar-refractivity contribution is 5.94. The van der Waals surface area contributed by atoms with E-state index >= 15 is 0 Å². The largest absolute Gasteiger partial charge is 0.478 e. The van der Waals surface area contributed by atoms with Crippen molar-refractivity contribution in [1.82, 2.24) is 20.0 Å². The van der Waals surface area contributed by atoms with Crippen LogP contribution in [0, 0.1) is 5.92 Å². The first-order chi connectivity index (χ1) is 12.6. The highest BCUT2D eigenvalue weighted by atomic mass is 16.4. The normalized spacial score (nSPS) is 13.4. The van der Waals surface area contributed by atoms with Crippen LogP contribution in [0.5, 0.6) is 0 Å². The Morgan fingerprint density at radius 2 is 2.00 bits per heavy atom. The number of amides is 1. The number of aromatic carboxylic acids is 1. The molecule has 0 aliphatic heterocycles. The molecular weight excluding hydrogens is 334 g/mol. The summed E-state index contributed by atoms with van der Waals surface area (Å²) in [5.74, 6) is -0.861. The molecular formula is C18H15N5O3. The minimum Gasteiger partial charge on any atom is -0.478 e. The van der Waals surface area contributed by atoms with Crippen molar-refractivity contribution in [2.45, 2.75) is 12.8 Å². The van der Waals surface area contributed by atoms with Gasteiger partial charge in [0.2, 0.25) is 5.91 Å². The molecule has 8 nitrogen and oxygen atoms in total. The predicted octanol–water partition coefficient (Wildman–Crippen LogP) is 2.38. The summed E-state index contributed by atoms with van der Waals surface area (Å²) in [7, 11) is 0. The molecule has 26 heavy (non-hydrogen) atoms. The van der Waals surface area contributed by atoms with Gasteiger partial charge in [-0.2, -0.15) is 0 Å². The van der Waals surface area contributed by atoms with Gasteiger partial charge in [-0.15, -0.1) is 5.10 Å². The maximum atomic E-state index is 11.9. The van der Waals surface area contributed by atoms with Crippen molar-refractivity contribution < 1.29 is 14.7 Å². The highest BCUT2D eigenvalue weighted by Gasteiger charge is 2.29. The summed E-state index contributed by atoms with van der Waals surface area (Å²) in [4.78, 5) is 27.1. The number of nitrogens with zero attached hydrogens (tertiary/aromatic N) is 4. The molecule has 2 N–H and O–H groups in total. The molecule has 0 radical (unpaired) electrons. The zero-order valence-electron chi connectivity index (χ0n) is 13.7. The molecule has 1 aromatic carbocycles. The second kappa shape index (κ2) is 6.40. The Balaban J connectivity index is 1.59. The lowest BCUT2D eigenvalue weighted by Crippen LogP contribution is -2.13. The van der Waals surface area contributed by atoms with Gasteiger partial charge >= 0.3 is 5.97 Å². The number of hydrogen-bond donors (Lipinski definition) is 2. The molecule has 2 heterocycles. The second-order valence-corrected chi connectivity index (χ2v) is 6.10. The Bertz CT molecular complexity index is 994. The topological polar surface area (TPSA) is 110 Å². The Morgan fingerprint density at radius 3 is 2.77 bits per heavy atom. The maximum absolute atomic E-state index is 11.9. The summed E-state index contributed by atoms with van der Waals surface area (Å²) in [5.41, 5.74) is 2.44. The van der Waals surface area contributed by atoms with E-state index < -0.39 is 5.97 Å². The molecule has 3 aromatic rings. The highest BCUT2D eigenvalue weighted by Crippen LogP contribution is 2.30. The minimum absolute atomic E-state index is 0.0381. The van der Waals surface area contributed by atoms with E-state index in [-0.39, 0.29) is 17.4 Å². The maximum Gasteiger partial charge on any atom is 0.335 e. The van der Waals surface area contributed by atoms with Crippen LogP contribution in [0.25, 0.3) is 17.1 Å². The van der Waals surface area contributed by atoms with Crippen LogP contribution in [-0.4, -0.2) is 37.0 Å². The van der Waals surface area contributed by atoms with E-state index in [0.717, 1.165) is 18.5 Å². The van der Waals surface area contributed by atoms with Crippen LogP contribution in [0.4, 0.5) is 5.69 Å². The third kappa shape index (κ3) is 3.30. The standard InChI is InChI=1S/C18H15N5O3/c24-17(11-4-5-11)20-13-2-1-3-14(9-13)23-10-16(21-22-23)15-8-12(18(25)26)6-7-19-15/h1-3,6-11H,4-5H2,(H,20,24)(H,25,26). The lowest BCUT2D eigenvalue weighted by atomic mass is 10.2. The minimum atomic E-state index is -1.03. The molecule has 130 valence electrons. The van der Waals surface area contributed by atoms with Crippen LogP contribution >= 0.6 is 0 Å². The molecule has 4 rings (SSSR count). The summed E-state index contributed by atoms with van der Waals surface area (Å²) < 4.78 is 1.55. The first kappa shape index (κ1) is 15.9. The number of nitrogens with one attached hydrogen (secondary N) is 1. The summed E-state index contributed by atoms with van der Waals surface area (Å²) in [5, 5.41) is 20.1. The molecule has 1 amide bonds. The van der Waals surface area contributed by atoms with Crippen LogP contribution in [0.2, 0.25) is 0 Å². The quantitative estimate of drug-likeness (QED) is 0.732. The van der Waals surface area contributed by atoms with Gasteiger partial charge < -0.3 is 10.4 Å². The number of pyridine rings is 1. The predicted molar refractivity (Wildman–Crippen MR) is 92.9 cm³/mol. The number of carboxylic acid groups (broad SMARTS) is 1. The molecule has 0 atom stereocenters. The van der Waals surface area contributed by atoms with Crippen molar-refractivity contribution in [3.63, 3.8) is 0 Å². The fourth-order valence-corrected chi connectivity index (χ4v) is 2.53. The van der Waals surface area contributed by atoms with Gasteiger partial charge in [0.25, 0.3) is 0 Å². The number of anilines is 1. The number of aromatic nitrogens is 4. The van der Waals surface area contributed by atoms with Gasteiger partial charge in [-0.25, -0.2) is 9.48 Å². The summed E-state index contributed by atoms with van der Waals surface area (Å²) in [6.07, 6.45) is 4.97. The summed E-state index contributed by atoms with van der Waals surface area (Å²) in [6.45, 7) is 0. The molecule has 1 aliphatic rings. The van der Waals surface area contributed by atoms with Crippen molar-refractivity contribution in [1.29, 1.82) is 0 Å². The third-order valence-electron chi connectivity index (χ3n) is 4.09. The molecule has 0 saturated heterocycles. The molecule has 1 aliphatic carbocycles.